The van der Waals surface area contributed by atoms with E-state index in [1.165, 1.54) is 19.0 Å². The Kier molecular flexibility index (Phi) is 4.36. The average molecular weight is 252 g/mol. The van der Waals surface area contributed by atoms with Gasteiger partial charge >= 0.3 is 5.97 Å². The zero-order valence-electron chi connectivity index (χ0n) is 11.0. The molecule has 0 N–H and O–H groups in total. The minimum Gasteiger partial charge on any atom is -0.462 e. The van der Waals surface area contributed by atoms with Crippen molar-refractivity contribution in [3.63, 3.8) is 0 Å². The SMILES string of the molecule is CCOC(=O)c1cnn(C)c1COCCC1CC1. The van der Waals surface area contributed by atoms with Crippen LogP contribution >= 0.6 is 0 Å². The Labute approximate surface area is 107 Å². The maximum absolute atomic E-state index is 11.7. The first-order valence-electron chi connectivity index (χ1n) is 6.48. The highest BCUT2D eigenvalue weighted by Gasteiger charge is 2.21. The third kappa shape index (κ3) is 3.32. The van der Waals surface area contributed by atoms with Crippen molar-refractivity contribution in [1.82, 2.24) is 9.78 Å². The molecule has 0 aliphatic heterocycles. The Balaban J connectivity index is 1.88. The van der Waals surface area contributed by atoms with Gasteiger partial charge in [0.05, 0.1) is 25.1 Å². The van der Waals surface area contributed by atoms with Gasteiger partial charge in [-0.05, 0) is 19.3 Å². The first-order chi connectivity index (χ1) is 8.72. The van der Waals surface area contributed by atoms with E-state index in [1.807, 2.05) is 7.05 Å². The molecule has 0 aromatic carbocycles. The molecule has 5 heteroatoms. The van der Waals surface area contributed by atoms with E-state index < -0.39 is 0 Å². The fraction of sp³-hybridized carbons (Fsp3) is 0.692. The van der Waals surface area contributed by atoms with Crippen LogP contribution in [-0.2, 0) is 23.1 Å². The molecule has 1 aromatic heterocycles. The van der Waals surface area contributed by atoms with Gasteiger partial charge in [-0.1, -0.05) is 12.8 Å². The minimum atomic E-state index is -0.327. The topological polar surface area (TPSA) is 53.3 Å². The molecule has 1 fully saturated rings. The molecule has 1 heterocycles. The van der Waals surface area contributed by atoms with Crippen LogP contribution in [0, 0.1) is 5.92 Å². The third-order valence-electron chi connectivity index (χ3n) is 3.16. The molecule has 0 spiro atoms. The van der Waals surface area contributed by atoms with E-state index in [0.717, 1.165) is 24.6 Å². The Morgan fingerprint density at radius 2 is 2.33 bits per heavy atom. The molecule has 2 rings (SSSR count). The quantitative estimate of drug-likeness (QED) is 0.549. The summed E-state index contributed by atoms with van der Waals surface area (Å²) >= 11 is 0. The van der Waals surface area contributed by atoms with E-state index in [4.69, 9.17) is 9.47 Å². The van der Waals surface area contributed by atoms with E-state index in [2.05, 4.69) is 5.10 Å². The number of hydrogen-bond acceptors (Lipinski definition) is 4. The van der Waals surface area contributed by atoms with E-state index in [0.29, 0.717) is 18.8 Å². The van der Waals surface area contributed by atoms with Gasteiger partial charge in [0.2, 0.25) is 0 Å². The van der Waals surface area contributed by atoms with Crippen molar-refractivity contribution in [2.24, 2.45) is 13.0 Å². The summed E-state index contributed by atoms with van der Waals surface area (Å²) in [6, 6.07) is 0. The van der Waals surface area contributed by atoms with Gasteiger partial charge in [-0.15, -0.1) is 0 Å². The molecule has 18 heavy (non-hydrogen) atoms. The fourth-order valence-electron chi connectivity index (χ4n) is 1.84. The molecule has 100 valence electrons. The second kappa shape index (κ2) is 6.00. The molecule has 1 aromatic rings. The molecule has 1 aliphatic rings. The monoisotopic (exact) mass is 252 g/mol. The van der Waals surface area contributed by atoms with E-state index in [1.54, 1.807) is 11.6 Å². The van der Waals surface area contributed by atoms with Crippen LogP contribution in [0.5, 0.6) is 0 Å². The lowest BCUT2D eigenvalue weighted by molar-refractivity contribution is 0.0516. The predicted molar refractivity (Wildman–Crippen MR) is 66.2 cm³/mol. The zero-order chi connectivity index (χ0) is 13.0. The number of esters is 1. The van der Waals surface area contributed by atoms with Crippen LogP contribution in [0.25, 0.3) is 0 Å². The highest BCUT2D eigenvalue weighted by molar-refractivity contribution is 5.90. The average Bonchev–Trinajstić information content (AvgIpc) is 3.09. The van der Waals surface area contributed by atoms with Gasteiger partial charge in [-0.25, -0.2) is 4.79 Å². The highest BCUT2D eigenvalue weighted by atomic mass is 16.5. The molecule has 0 bridgehead atoms. The van der Waals surface area contributed by atoms with Crippen molar-refractivity contribution < 1.29 is 14.3 Å². The molecule has 0 unspecified atom stereocenters. The number of hydrogen-bond donors (Lipinski definition) is 0. The minimum absolute atomic E-state index is 0.327. The molecular formula is C13H20N2O3. The van der Waals surface area contributed by atoms with Crippen molar-refractivity contribution in [1.29, 1.82) is 0 Å². The smallest absolute Gasteiger partial charge is 0.341 e. The lowest BCUT2D eigenvalue weighted by Gasteiger charge is -2.07. The van der Waals surface area contributed by atoms with Gasteiger partial charge in [0.25, 0.3) is 0 Å². The van der Waals surface area contributed by atoms with Crippen LogP contribution in [0.1, 0.15) is 42.2 Å². The van der Waals surface area contributed by atoms with Crippen LogP contribution in [0.4, 0.5) is 0 Å². The van der Waals surface area contributed by atoms with Crippen LogP contribution in [0.3, 0.4) is 0 Å². The Bertz CT molecular complexity index is 410. The molecule has 0 saturated heterocycles. The van der Waals surface area contributed by atoms with E-state index >= 15 is 0 Å². The number of nitrogens with zero attached hydrogens (tertiary/aromatic N) is 2. The summed E-state index contributed by atoms with van der Waals surface area (Å²) in [5.41, 5.74) is 1.29. The number of carbonyl (C=O) groups excluding carboxylic acids is 1. The first-order valence-corrected chi connectivity index (χ1v) is 6.48. The van der Waals surface area contributed by atoms with Crippen molar-refractivity contribution in [3.05, 3.63) is 17.5 Å². The number of ether oxygens (including phenoxy) is 2. The second-order valence-electron chi connectivity index (χ2n) is 4.63. The van der Waals surface area contributed by atoms with Gasteiger partial charge in [-0.3, -0.25) is 4.68 Å². The number of aromatic nitrogens is 2. The first kappa shape index (κ1) is 13.1. The number of carbonyl (C=O) groups is 1. The standard InChI is InChI=1S/C13H20N2O3/c1-3-18-13(16)11-8-14-15(2)12(11)9-17-7-6-10-4-5-10/h8,10H,3-7,9H2,1-2H3. The zero-order valence-corrected chi connectivity index (χ0v) is 11.0. The Morgan fingerprint density at radius 1 is 1.56 bits per heavy atom. The van der Waals surface area contributed by atoms with Crippen molar-refractivity contribution >= 4 is 5.97 Å². The van der Waals surface area contributed by atoms with Gasteiger partial charge in [0, 0.05) is 13.7 Å². The van der Waals surface area contributed by atoms with Crippen LogP contribution in [0.15, 0.2) is 6.20 Å². The van der Waals surface area contributed by atoms with E-state index in [9.17, 15) is 4.79 Å². The molecular weight excluding hydrogens is 232 g/mol. The highest BCUT2D eigenvalue weighted by Crippen LogP contribution is 2.32. The Morgan fingerprint density at radius 3 is 3.00 bits per heavy atom. The van der Waals surface area contributed by atoms with Gasteiger partial charge in [0.15, 0.2) is 0 Å². The summed E-state index contributed by atoms with van der Waals surface area (Å²) in [6.45, 7) is 3.32. The van der Waals surface area contributed by atoms with E-state index in [-0.39, 0.29) is 5.97 Å². The van der Waals surface area contributed by atoms with Gasteiger partial charge in [0.1, 0.15) is 5.56 Å². The molecule has 0 radical (unpaired) electrons. The van der Waals surface area contributed by atoms with Crippen LogP contribution in [0.2, 0.25) is 0 Å². The normalized spacial score (nSPS) is 14.8. The summed E-state index contributed by atoms with van der Waals surface area (Å²) in [5.74, 6) is 0.535. The van der Waals surface area contributed by atoms with Crippen molar-refractivity contribution in [2.45, 2.75) is 32.8 Å². The molecule has 0 atom stereocenters. The third-order valence-corrected chi connectivity index (χ3v) is 3.16. The summed E-state index contributed by atoms with van der Waals surface area (Å²) in [4.78, 5) is 11.7. The molecule has 1 saturated carbocycles. The molecule has 0 amide bonds. The summed E-state index contributed by atoms with van der Waals surface area (Å²) < 4.78 is 12.3. The summed E-state index contributed by atoms with van der Waals surface area (Å²) in [7, 11) is 1.81. The molecule has 5 nitrogen and oxygen atoms in total. The maximum Gasteiger partial charge on any atom is 0.341 e. The lowest BCUT2D eigenvalue weighted by Crippen LogP contribution is -2.10. The molecule has 1 aliphatic carbocycles. The van der Waals surface area contributed by atoms with Crippen LogP contribution in [-0.4, -0.2) is 29.0 Å². The van der Waals surface area contributed by atoms with Gasteiger partial charge < -0.3 is 9.47 Å². The maximum atomic E-state index is 11.7. The summed E-state index contributed by atoms with van der Waals surface area (Å²) in [5, 5.41) is 4.08. The second-order valence-corrected chi connectivity index (χ2v) is 4.63. The number of rotatable bonds is 7. The fourth-order valence-corrected chi connectivity index (χ4v) is 1.84. The largest absolute Gasteiger partial charge is 0.462 e. The summed E-state index contributed by atoms with van der Waals surface area (Å²) in [6.07, 6.45) is 5.33. The Hall–Kier alpha value is -1.36. The van der Waals surface area contributed by atoms with Crippen molar-refractivity contribution in [3.8, 4) is 0 Å². The van der Waals surface area contributed by atoms with Crippen molar-refractivity contribution in [2.75, 3.05) is 13.2 Å². The lowest BCUT2D eigenvalue weighted by atomic mass is 10.2. The number of aryl methyl sites for hydroxylation is 1. The predicted octanol–water partition coefficient (Wildman–Crippen LogP) is 1.91. The van der Waals surface area contributed by atoms with Gasteiger partial charge in [-0.2, -0.15) is 5.10 Å². The van der Waals surface area contributed by atoms with Crippen LogP contribution < -0.4 is 0 Å².